The molecular formula is C24H27N3O2S. The predicted molar refractivity (Wildman–Crippen MR) is 122 cm³/mol. The van der Waals surface area contributed by atoms with Crippen LogP contribution in [0.4, 0.5) is 11.4 Å². The Labute approximate surface area is 182 Å². The van der Waals surface area contributed by atoms with E-state index in [0.717, 1.165) is 30.6 Å². The highest BCUT2D eigenvalue weighted by Gasteiger charge is 2.21. The Kier molecular flexibility index (Phi) is 7.92. The predicted octanol–water partition coefficient (Wildman–Crippen LogP) is 5.85. The first-order valence-electron chi connectivity index (χ1n) is 10.4. The second-order valence-electron chi connectivity index (χ2n) is 7.65. The number of nitriles is 1. The zero-order chi connectivity index (χ0) is 21.3. The van der Waals surface area contributed by atoms with Gasteiger partial charge in [0.1, 0.15) is 0 Å². The molecule has 0 saturated heterocycles. The summed E-state index contributed by atoms with van der Waals surface area (Å²) in [4.78, 5) is 26.3. The molecule has 1 saturated carbocycles. The lowest BCUT2D eigenvalue weighted by atomic mass is 9.88. The molecular weight excluding hydrogens is 394 g/mol. The maximum atomic E-state index is 12.8. The first-order chi connectivity index (χ1) is 14.6. The lowest BCUT2D eigenvalue weighted by molar-refractivity contribution is -0.120. The van der Waals surface area contributed by atoms with Gasteiger partial charge in [0.15, 0.2) is 0 Å². The second-order valence-corrected chi connectivity index (χ2v) is 9.13. The van der Waals surface area contributed by atoms with Gasteiger partial charge in [-0.15, -0.1) is 11.8 Å². The molecule has 0 heterocycles. The quantitative estimate of drug-likeness (QED) is 0.549. The maximum Gasteiger partial charge on any atom is 0.255 e. The minimum atomic E-state index is -0.232. The number of carbonyl (C=O) groups is 2. The van der Waals surface area contributed by atoms with Crippen LogP contribution in [0.25, 0.3) is 0 Å². The molecule has 156 valence electrons. The van der Waals surface area contributed by atoms with E-state index in [4.69, 9.17) is 5.26 Å². The van der Waals surface area contributed by atoms with Crippen molar-refractivity contribution in [1.82, 2.24) is 0 Å². The van der Waals surface area contributed by atoms with Crippen LogP contribution in [0, 0.1) is 17.2 Å². The Balaban J connectivity index is 1.67. The van der Waals surface area contributed by atoms with Crippen molar-refractivity contribution in [2.45, 2.75) is 55.6 Å². The van der Waals surface area contributed by atoms with Gasteiger partial charge in [-0.1, -0.05) is 44.4 Å². The van der Waals surface area contributed by atoms with Gasteiger partial charge >= 0.3 is 0 Å². The van der Waals surface area contributed by atoms with Crippen molar-refractivity contribution in [3.8, 4) is 6.07 Å². The molecule has 0 radical (unpaired) electrons. The smallest absolute Gasteiger partial charge is 0.255 e. The van der Waals surface area contributed by atoms with Crippen LogP contribution in [0.2, 0.25) is 0 Å². The number of hydrogen-bond acceptors (Lipinski definition) is 4. The molecule has 5 nitrogen and oxygen atoms in total. The van der Waals surface area contributed by atoms with Crippen LogP contribution >= 0.6 is 11.8 Å². The summed E-state index contributed by atoms with van der Waals surface area (Å²) < 4.78 is 0. The van der Waals surface area contributed by atoms with E-state index in [9.17, 15) is 9.59 Å². The monoisotopic (exact) mass is 421 g/mol. The molecule has 1 aliphatic rings. The van der Waals surface area contributed by atoms with Crippen molar-refractivity contribution in [2.75, 3.05) is 10.6 Å². The van der Waals surface area contributed by atoms with Crippen LogP contribution in [0.5, 0.6) is 0 Å². The molecule has 1 aliphatic carbocycles. The summed E-state index contributed by atoms with van der Waals surface area (Å²) in [6, 6.07) is 16.8. The van der Waals surface area contributed by atoms with E-state index in [0.29, 0.717) is 23.4 Å². The van der Waals surface area contributed by atoms with Crippen molar-refractivity contribution in [1.29, 1.82) is 5.26 Å². The summed E-state index contributed by atoms with van der Waals surface area (Å²) >= 11 is 1.57. The number of nitrogens with one attached hydrogen (secondary N) is 2. The van der Waals surface area contributed by atoms with Gasteiger partial charge in [-0.2, -0.15) is 5.26 Å². The van der Waals surface area contributed by atoms with Crippen molar-refractivity contribution < 1.29 is 9.59 Å². The van der Waals surface area contributed by atoms with Gasteiger partial charge in [-0.05, 0) is 43.2 Å². The fourth-order valence-electron chi connectivity index (χ4n) is 3.60. The number of anilines is 2. The Morgan fingerprint density at radius 2 is 1.87 bits per heavy atom. The number of amides is 2. The molecule has 2 aromatic rings. The van der Waals surface area contributed by atoms with E-state index in [-0.39, 0.29) is 23.0 Å². The summed E-state index contributed by atoms with van der Waals surface area (Å²) in [6.07, 6.45) is 5.72. The van der Waals surface area contributed by atoms with Crippen LogP contribution < -0.4 is 10.6 Å². The highest BCUT2D eigenvalue weighted by Crippen LogP contribution is 2.32. The molecule has 0 aliphatic heterocycles. The fourth-order valence-corrected chi connectivity index (χ4v) is 4.60. The van der Waals surface area contributed by atoms with Crippen molar-refractivity contribution >= 4 is 35.0 Å². The van der Waals surface area contributed by atoms with Gasteiger partial charge in [-0.3, -0.25) is 9.59 Å². The molecule has 0 spiro atoms. The van der Waals surface area contributed by atoms with E-state index >= 15 is 0 Å². The van der Waals surface area contributed by atoms with Crippen molar-refractivity contribution in [3.05, 3.63) is 54.1 Å². The lowest BCUT2D eigenvalue weighted by Gasteiger charge is -2.20. The summed E-state index contributed by atoms with van der Waals surface area (Å²) in [6.45, 7) is 1.99. The molecule has 1 unspecified atom stereocenters. The molecule has 1 fully saturated rings. The summed E-state index contributed by atoms with van der Waals surface area (Å²) in [7, 11) is 0. The van der Waals surface area contributed by atoms with E-state index in [1.54, 1.807) is 30.0 Å². The molecule has 2 N–H and O–H groups in total. The SMILES string of the molecule is CC(CC#N)Sc1ccccc1NC(=O)c1cccc(NC(=O)C2CCCCC2)c1. The molecule has 0 aromatic heterocycles. The maximum absolute atomic E-state index is 12.8. The van der Waals surface area contributed by atoms with Crippen LogP contribution in [0.1, 0.15) is 55.8 Å². The average molecular weight is 422 g/mol. The van der Waals surface area contributed by atoms with E-state index < -0.39 is 0 Å². The van der Waals surface area contributed by atoms with Gasteiger partial charge in [-0.25, -0.2) is 0 Å². The first-order valence-corrected chi connectivity index (χ1v) is 11.3. The summed E-state index contributed by atoms with van der Waals surface area (Å²) in [5.74, 6) is -0.124. The van der Waals surface area contributed by atoms with Gasteiger partial charge in [0.25, 0.3) is 5.91 Å². The summed E-state index contributed by atoms with van der Waals surface area (Å²) in [5, 5.41) is 14.9. The topological polar surface area (TPSA) is 82.0 Å². The van der Waals surface area contributed by atoms with E-state index in [1.807, 2.05) is 37.3 Å². The standard InChI is InChI=1S/C24H27N3O2S/c1-17(14-15-25)30-22-13-6-5-12-21(22)27-24(29)19-10-7-11-20(16-19)26-23(28)18-8-3-2-4-9-18/h5-7,10-13,16-18H,2-4,8-9,14H2,1H3,(H,26,28)(H,27,29). The fraction of sp³-hybridized carbons (Fsp3) is 0.375. The van der Waals surface area contributed by atoms with Crippen LogP contribution in [-0.2, 0) is 4.79 Å². The van der Waals surface area contributed by atoms with Crippen molar-refractivity contribution in [3.63, 3.8) is 0 Å². The Morgan fingerprint density at radius 3 is 2.63 bits per heavy atom. The zero-order valence-electron chi connectivity index (χ0n) is 17.2. The Hall–Kier alpha value is -2.78. The third-order valence-corrected chi connectivity index (χ3v) is 6.39. The number of hydrogen-bond donors (Lipinski definition) is 2. The number of thioether (sulfide) groups is 1. The minimum absolute atomic E-state index is 0.0421. The second kappa shape index (κ2) is 10.8. The highest BCUT2D eigenvalue weighted by atomic mass is 32.2. The molecule has 3 rings (SSSR count). The Morgan fingerprint density at radius 1 is 1.10 bits per heavy atom. The number of carbonyl (C=O) groups excluding carboxylic acids is 2. The van der Waals surface area contributed by atoms with E-state index in [1.165, 1.54) is 6.42 Å². The molecule has 2 amide bonds. The van der Waals surface area contributed by atoms with Gasteiger partial charge < -0.3 is 10.6 Å². The lowest BCUT2D eigenvalue weighted by Crippen LogP contribution is -2.24. The number of nitrogens with zero attached hydrogens (tertiary/aromatic N) is 1. The van der Waals surface area contributed by atoms with E-state index in [2.05, 4.69) is 16.7 Å². The first kappa shape index (κ1) is 21.9. The molecule has 30 heavy (non-hydrogen) atoms. The van der Waals surface area contributed by atoms with Gasteiger partial charge in [0, 0.05) is 33.7 Å². The molecule has 2 aromatic carbocycles. The number of rotatable bonds is 7. The zero-order valence-corrected chi connectivity index (χ0v) is 18.0. The van der Waals surface area contributed by atoms with Crippen LogP contribution in [0.3, 0.4) is 0 Å². The van der Waals surface area contributed by atoms with Gasteiger partial charge in [0.2, 0.25) is 5.91 Å². The summed E-state index contributed by atoms with van der Waals surface area (Å²) in [5.41, 5.74) is 1.85. The van der Waals surface area contributed by atoms with Gasteiger partial charge in [0.05, 0.1) is 11.8 Å². The highest BCUT2D eigenvalue weighted by molar-refractivity contribution is 8.00. The average Bonchev–Trinajstić information content (AvgIpc) is 2.76. The normalized spacial score (nSPS) is 15.1. The van der Waals surface area contributed by atoms with Crippen LogP contribution in [0.15, 0.2) is 53.4 Å². The molecule has 6 heteroatoms. The third kappa shape index (κ3) is 6.11. The number of benzene rings is 2. The van der Waals surface area contributed by atoms with Crippen molar-refractivity contribution in [2.24, 2.45) is 5.92 Å². The van der Waals surface area contributed by atoms with Crippen LogP contribution in [-0.4, -0.2) is 17.1 Å². The largest absolute Gasteiger partial charge is 0.326 e. The Bertz CT molecular complexity index is 932. The molecule has 1 atom stereocenters. The number of para-hydroxylation sites is 1. The molecule has 0 bridgehead atoms. The third-order valence-electron chi connectivity index (χ3n) is 5.21. The minimum Gasteiger partial charge on any atom is -0.326 e.